The fraction of sp³-hybridized carbons (Fsp3) is 0.192. The number of halogens is 3. The highest BCUT2D eigenvalue weighted by Gasteiger charge is 2.13. The van der Waals surface area contributed by atoms with Crippen molar-refractivity contribution in [1.29, 1.82) is 0 Å². The lowest BCUT2D eigenvalue weighted by Crippen LogP contribution is -2.22. The number of benzene rings is 3. The molecule has 0 saturated heterocycles. The zero-order valence-electron chi connectivity index (χ0n) is 19.7. The van der Waals surface area contributed by atoms with Crippen molar-refractivity contribution < 1.29 is 9.66 Å². The molecule has 0 spiro atoms. The van der Waals surface area contributed by atoms with E-state index in [1.54, 1.807) is 36.5 Å². The quantitative estimate of drug-likeness (QED) is 0.108. The summed E-state index contributed by atoms with van der Waals surface area (Å²) in [4.78, 5) is 28.3. The molecule has 4 rings (SSSR count). The van der Waals surface area contributed by atoms with E-state index in [9.17, 15) is 14.9 Å². The van der Waals surface area contributed by atoms with Crippen molar-refractivity contribution in [2.24, 2.45) is 5.10 Å². The van der Waals surface area contributed by atoms with Crippen LogP contribution in [0.2, 0.25) is 5.02 Å². The highest BCUT2D eigenvalue weighted by atomic mass is 79.9. The van der Waals surface area contributed by atoms with Gasteiger partial charge in [0.05, 0.1) is 31.5 Å². The van der Waals surface area contributed by atoms with Crippen LogP contribution in [-0.2, 0) is 13.0 Å². The summed E-state index contributed by atoms with van der Waals surface area (Å²) in [5.74, 6) is 1.02. The molecule has 0 bridgehead atoms. The largest absolute Gasteiger partial charge is 0.486 e. The summed E-state index contributed by atoms with van der Waals surface area (Å²) in [6.45, 7) is 2.26. The molecule has 4 aromatic rings. The van der Waals surface area contributed by atoms with Crippen molar-refractivity contribution in [3.63, 3.8) is 0 Å². The lowest BCUT2D eigenvalue weighted by Gasteiger charge is -2.12. The molecule has 3 aromatic carbocycles. The van der Waals surface area contributed by atoms with Crippen LogP contribution in [0.1, 0.15) is 36.7 Å². The van der Waals surface area contributed by atoms with Crippen LogP contribution in [-0.4, -0.2) is 20.8 Å². The second-order valence-electron chi connectivity index (χ2n) is 8.18. The summed E-state index contributed by atoms with van der Waals surface area (Å²) in [5.41, 5.74) is 1.81. The number of unbranched alkanes of at least 4 members (excludes halogenated alkanes) is 1. The Labute approximate surface area is 234 Å². The van der Waals surface area contributed by atoms with Crippen LogP contribution < -0.4 is 10.3 Å². The Morgan fingerprint density at radius 1 is 1.16 bits per heavy atom. The van der Waals surface area contributed by atoms with E-state index in [1.807, 2.05) is 12.1 Å². The molecule has 0 N–H and O–H groups in total. The smallest absolute Gasteiger partial charge is 0.282 e. The second kappa shape index (κ2) is 12.0. The van der Waals surface area contributed by atoms with E-state index in [2.05, 4.69) is 48.9 Å². The summed E-state index contributed by atoms with van der Waals surface area (Å²) in [7, 11) is 0. The molecule has 0 amide bonds. The Balaban J connectivity index is 1.60. The number of ether oxygens (including phenoxy) is 1. The van der Waals surface area contributed by atoms with Crippen LogP contribution in [0, 0.1) is 10.1 Å². The SMILES string of the molecule is CCCCc1nc2ccc(Br)cc2c(=O)n1N=Cc1cc(Cl)c(OCc2ccc([N+](=O)[O-])cc2)c(Br)c1. The van der Waals surface area contributed by atoms with E-state index in [0.29, 0.717) is 44.0 Å². The van der Waals surface area contributed by atoms with Gasteiger partial charge in [-0.1, -0.05) is 40.9 Å². The van der Waals surface area contributed by atoms with Crippen molar-refractivity contribution in [2.45, 2.75) is 32.8 Å². The zero-order valence-corrected chi connectivity index (χ0v) is 23.6. The third kappa shape index (κ3) is 6.44. The molecule has 0 unspecified atom stereocenters. The molecule has 0 fully saturated rings. The van der Waals surface area contributed by atoms with Crippen molar-refractivity contribution in [1.82, 2.24) is 9.66 Å². The van der Waals surface area contributed by atoms with Gasteiger partial charge in [0.15, 0.2) is 5.75 Å². The van der Waals surface area contributed by atoms with Gasteiger partial charge in [0, 0.05) is 23.0 Å². The highest BCUT2D eigenvalue weighted by Crippen LogP contribution is 2.35. The number of hydrogen-bond donors (Lipinski definition) is 0. The molecule has 0 radical (unpaired) electrons. The van der Waals surface area contributed by atoms with Gasteiger partial charge in [0.1, 0.15) is 12.4 Å². The molecular weight excluding hydrogens is 628 g/mol. The lowest BCUT2D eigenvalue weighted by molar-refractivity contribution is -0.384. The number of nitro groups is 1. The Hall–Kier alpha value is -3.08. The normalized spacial score (nSPS) is 11.4. The molecule has 8 nitrogen and oxygen atoms in total. The number of fused-ring (bicyclic) bond motifs is 1. The first kappa shape index (κ1) is 27.0. The molecule has 0 aliphatic rings. The Morgan fingerprint density at radius 2 is 1.92 bits per heavy atom. The standard InChI is InChI=1S/C26H21Br2ClN4O4/c1-2-3-4-24-31-23-10-7-18(27)13-20(23)26(34)32(24)30-14-17-11-21(28)25(22(29)12-17)37-15-16-5-8-19(9-6-16)33(35)36/h5-14H,2-4,15H2,1H3. The van der Waals surface area contributed by atoms with Crippen LogP contribution in [0.4, 0.5) is 5.69 Å². The highest BCUT2D eigenvalue weighted by molar-refractivity contribution is 9.10. The number of non-ortho nitro benzene ring substituents is 1. The molecule has 37 heavy (non-hydrogen) atoms. The Bertz CT molecular complexity index is 1530. The fourth-order valence-corrected chi connectivity index (χ4v) is 4.95. The number of hydrogen-bond acceptors (Lipinski definition) is 6. The van der Waals surface area contributed by atoms with Crippen molar-refractivity contribution in [2.75, 3.05) is 0 Å². The molecule has 0 aliphatic carbocycles. The molecule has 0 atom stereocenters. The summed E-state index contributed by atoms with van der Waals surface area (Å²) >= 11 is 13.4. The second-order valence-corrected chi connectivity index (χ2v) is 10.4. The van der Waals surface area contributed by atoms with Gasteiger partial charge in [-0.05, 0) is 75.9 Å². The van der Waals surface area contributed by atoms with Crippen molar-refractivity contribution in [3.05, 3.63) is 106 Å². The first-order valence-corrected chi connectivity index (χ1v) is 13.3. The zero-order chi connectivity index (χ0) is 26.5. The van der Waals surface area contributed by atoms with Gasteiger partial charge in [0.2, 0.25) is 0 Å². The van der Waals surface area contributed by atoms with Gasteiger partial charge in [-0.3, -0.25) is 14.9 Å². The van der Waals surface area contributed by atoms with E-state index in [1.165, 1.54) is 16.8 Å². The van der Waals surface area contributed by atoms with Crippen molar-refractivity contribution in [3.8, 4) is 5.75 Å². The van der Waals surface area contributed by atoms with Gasteiger partial charge in [-0.15, -0.1) is 0 Å². The van der Waals surface area contributed by atoms with Crippen molar-refractivity contribution >= 4 is 66.3 Å². The Morgan fingerprint density at radius 3 is 2.59 bits per heavy atom. The van der Waals surface area contributed by atoms with E-state index >= 15 is 0 Å². The van der Waals surface area contributed by atoms with E-state index in [0.717, 1.165) is 22.9 Å². The van der Waals surface area contributed by atoms with E-state index in [-0.39, 0.29) is 17.9 Å². The van der Waals surface area contributed by atoms with Gasteiger partial charge < -0.3 is 4.74 Å². The van der Waals surface area contributed by atoms with Gasteiger partial charge in [-0.2, -0.15) is 9.78 Å². The lowest BCUT2D eigenvalue weighted by atomic mass is 10.2. The van der Waals surface area contributed by atoms with E-state index < -0.39 is 4.92 Å². The van der Waals surface area contributed by atoms with Gasteiger partial charge in [0.25, 0.3) is 11.2 Å². The third-order valence-electron chi connectivity index (χ3n) is 5.50. The average Bonchev–Trinajstić information content (AvgIpc) is 2.87. The predicted molar refractivity (Wildman–Crippen MR) is 152 cm³/mol. The maximum absolute atomic E-state index is 13.2. The molecule has 0 saturated carbocycles. The maximum Gasteiger partial charge on any atom is 0.282 e. The first-order valence-electron chi connectivity index (χ1n) is 11.4. The minimum absolute atomic E-state index is 0.0119. The molecular formula is C26H21Br2ClN4O4. The number of nitrogens with zero attached hydrogens (tertiary/aromatic N) is 4. The third-order valence-corrected chi connectivity index (χ3v) is 6.87. The van der Waals surface area contributed by atoms with E-state index in [4.69, 9.17) is 16.3 Å². The summed E-state index contributed by atoms with van der Waals surface area (Å²) in [6, 6.07) is 15.0. The van der Waals surface area contributed by atoms with Crippen LogP contribution in [0.3, 0.4) is 0 Å². The molecule has 0 aliphatic heterocycles. The topological polar surface area (TPSA) is 99.6 Å². The molecule has 1 aromatic heterocycles. The number of rotatable bonds is 9. The van der Waals surface area contributed by atoms with Crippen LogP contribution in [0.15, 0.2) is 73.4 Å². The predicted octanol–water partition coefficient (Wildman–Crippen LogP) is 7.29. The van der Waals surface area contributed by atoms with Crippen LogP contribution in [0.25, 0.3) is 10.9 Å². The molecule has 190 valence electrons. The number of nitro benzene ring substituents is 1. The minimum atomic E-state index is -0.452. The molecule has 11 heteroatoms. The van der Waals surface area contributed by atoms with Gasteiger partial charge in [-0.25, -0.2) is 4.98 Å². The fourth-order valence-electron chi connectivity index (χ4n) is 3.60. The number of aromatic nitrogens is 2. The first-order chi connectivity index (χ1) is 17.8. The Kier molecular flexibility index (Phi) is 8.73. The maximum atomic E-state index is 13.2. The minimum Gasteiger partial charge on any atom is -0.486 e. The summed E-state index contributed by atoms with van der Waals surface area (Å²) in [5, 5.41) is 16.1. The summed E-state index contributed by atoms with van der Waals surface area (Å²) < 4.78 is 8.58. The average molecular weight is 649 g/mol. The van der Waals surface area contributed by atoms with Crippen LogP contribution >= 0.6 is 43.5 Å². The summed E-state index contributed by atoms with van der Waals surface area (Å²) in [6.07, 6.45) is 4.01. The van der Waals surface area contributed by atoms with Crippen LogP contribution in [0.5, 0.6) is 5.75 Å². The number of aryl methyl sites for hydroxylation is 1. The molecule has 1 heterocycles. The monoisotopic (exact) mass is 646 g/mol. The van der Waals surface area contributed by atoms with Gasteiger partial charge >= 0.3 is 0 Å².